The second-order valence-corrected chi connectivity index (χ2v) is 6.27. The van der Waals surface area contributed by atoms with Crippen LogP contribution in [0.15, 0.2) is 0 Å². The molecular formula is C14H25N3O. The third kappa shape index (κ3) is 3.03. The molecule has 0 amide bonds. The molecule has 4 heteroatoms. The van der Waals surface area contributed by atoms with Gasteiger partial charge in [0.15, 0.2) is 0 Å². The number of rotatable bonds is 3. The van der Waals surface area contributed by atoms with Crippen LogP contribution in [0.5, 0.6) is 0 Å². The number of hydrogen-bond acceptors (Lipinski definition) is 4. The lowest BCUT2D eigenvalue weighted by Gasteiger charge is -2.49. The first-order valence-electron chi connectivity index (χ1n) is 6.97. The predicted octanol–water partition coefficient (Wildman–Crippen LogP) is 1.47. The number of hydrogen-bond donors (Lipinski definition) is 0. The molecule has 2 heterocycles. The molecule has 2 saturated heterocycles. The third-order valence-electron chi connectivity index (χ3n) is 4.41. The van der Waals surface area contributed by atoms with Gasteiger partial charge in [0.1, 0.15) is 0 Å². The third-order valence-corrected chi connectivity index (χ3v) is 4.41. The first kappa shape index (κ1) is 13.8. The van der Waals surface area contributed by atoms with Crippen molar-refractivity contribution >= 4 is 0 Å². The minimum absolute atomic E-state index is 0.185. The van der Waals surface area contributed by atoms with E-state index in [1.54, 1.807) is 0 Å². The van der Waals surface area contributed by atoms with Gasteiger partial charge in [0.25, 0.3) is 0 Å². The van der Waals surface area contributed by atoms with Crippen molar-refractivity contribution in [2.45, 2.75) is 50.8 Å². The van der Waals surface area contributed by atoms with Crippen LogP contribution >= 0.6 is 0 Å². The number of nitrogens with zero attached hydrogens (tertiary/aromatic N) is 3. The first-order chi connectivity index (χ1) is 8.53. The highest BCUT2D eigenvalue weighted by Gasteiger charge is 2.37. The number of nitriles is 1. The summed E-state index contributed by atoms with van der Waals surface area (Å²) in [5, 5.41) is 8.99. The quantitative estimate of drug-likeness (QED) is 0.761. The van der Waals surface area contributed by atoms with Gasteiger partial charge in [0.2, 0.25) is 0 Å². The topological polar surface area (TPSA) is 39.5 Å². The van der Waals surface area contributed by atoms with Gasteiger partial charge in [-0.15, -0.1) is 0 Å². The van der Waals surface area contributed by atoms with Gasteiger partial charge >= 0.3 is 0 Å². The SMILES string of the molecule is CN1CC(CC#N)N(CC2CCCO2)CC1(C)C. The van der Waals surface area contributed by atoms with Gasteiger partial charge in [-0.05, 0) is 33.7 Å². The van der Waals surface area contributed by atoms with E-state index in [-0.39, 0.29) is 5.54 Å². The first-order valence-corrected chi connectivity index (χ1v) is 6.97. The van der Waals surface area contributed by atoms with Gasteiger partial charge in [-0.3, -0.25) is 9.80 Å². The van der Waals surface area contributed by atoms with Crippen molar-refractivity contribution in [2.24, 2.45) is 0 Å². The van der Waals surface area contributed by atoms with E-state index in [0.717, 1.165) is 26.2 Å². The Balaban J connectivity index is 2.00. The lowest BCUT2D eigenvalue weighted by atomic mass is 9.94. The maximum Gasteiger partial charge on any atom is 0.0702 e. The van der Waals surface area contributed by atoms with E-state index < -0.39 is 0 Å². The summed E-state index contributed by atoms with van der Waals surface area (Å²) in [5.41, 5.74) is 0.185. The molecular weight excluding hydrogens is 226 g/mol. The normalized spacial score (nSPS) is 33.4. The van der Waals surface area contributed by atoms with Crippen LogP contribution in [0.25, 0.3) is 0 Å². The molecule has 4 nitrogen and oxygen atoms in total. The molecule has 2 unspecified atom stereocenters. The van der Waals surface area contributed by atoms with Crippen molar-refractivity contribution in [3.8, 4) is 6.07 Å². The Bertz CT molecular complexity index is 317. The van der Waals surface area contributed by atoms with E-state index in [1.807, 2.05) is 0 Å². The van der Waals surface area contributed by atoms with Crippen molar-refractivity contribution in [3.05, 3.63) is 0 Å². The van der Waals surface area contributed by atoms with Crippen LogP contribution in [0.4, 0.5) is 0 Å². The number of likely N-dealkylation sites (N-methyl/N-ethyl adjacent to an activating group) is 1. The molecule has 18 heavy (non-hydrogen) atoms. The molecule has 2 rings (SSSR count). The van der Waals surface area contributed by atoms with Gasteiger partial charge in [-0.1, -0.05) is 0 Å². The van der Waals surface area contributed by atoms with Crippen molar-refractivity contribution < 1.29 is 4.74 Å². The zero-order valence-electron chi connectivity index (χ0n) is 11.9. The Morgan fingerprint density at radius 2 is 2.22 bits per heavy atom. The molecule has 102 valence electrons. The van der Waals surface area contributed by atoms with Crippen LogP contribution in [-0.4, -0.2) is 60.8 Å². The summed E-state index contributed by atoms with van der Waals surface area (Å²) in [7, 11) is 2.16. The van der Waals surface area contributed by atoms with E-state index >= 15 is 0 Å². The highest BCUT2D eigenvalue weighted by atomic mass is 16.5. The zero-order valence-corrected chi connectivity index (χ0v) is 11.9. The summed E-state index contributed by atoms with van der Waals surface area (Å²) in [6.07, 6.45) is 3.36. The summed E-state index contributed by atoms with van der Waals surface area (Å²) in [6.45, 7) is 8.45. The molecule has 2 fully saturated rings. The summed E-state index contributed by atoms with van der Waals surface area (Å²) < 4.78 is 5.74. The monoisotopic (exact) mass is 251 g/mol. The van der Waals surface area contributed by atoms with Crippen molar-refractivity contribution in [1.29, 1.82) is 5.26 Å². The van der Waals surface area contributed by atoms with Crippen LogP contribution in [0.2, 0.25) is 0 Å². The average Bonchev–Trinajstić information content (AvgIpc) is 2.78. The maximum atomic E-state index is 8.99. The lowest BCUT2D eigenvalue weighted by Crippen LogP contribution is -2.62. The fourth-order valence-electron chi connectivity index (χ4n) is 2.99. The maximum absolute atomic E-state index is 8.99. The van der Waals surface area contributed by atoms with Crippen LogP contribution in [0.1, 0.15) is 33.1 Å². The second kappa shape index (κ2) is 5.56. The summed E-state index contributed by atoms with van der Waals surface area (Å²) in [6, 6.07) is 2.69. The van der Waals surface area contributed by atoms with Crippen molar-refractivity contribution in [2.75, 3.05) is 33.3 Å². The van der Waals surface area contributed by atoms with E-state index in [1.165, 1.54) is 12.8 Å². The fraction of sp³-hybridized carbons (Fsp3) is 0.929. The molecule has 0 aromatic rings. The van der Waals surface area contributed by atoms with Gasteiger partial charge in [0.05, 0.1) is 18.6 Å². The molecule has 2 aliphatic heterocycles. The Morgan fingerprint density at radius 3 is 2.83 bits per heavy atom. The Hall–Kier alpha value is -0.630. The Morgan fingerprint density at radius 1 is 1.44 bits per heavy atom. The largest absolute Gasteiger partial charge is 0.377 e. The molecule has 0 aromatic heterocycles. The van der Waals surface area contributed by atoms with Crippen LogP contribution in [-0.2, 0) is 4.74 Å². The van der Waals surface area contributed by atoms with Gasteiger partial charge in [-0.2, -0.15) is 5.26 Å². The summed E-state index contributed by atoms with van der Waals surface area (Å²) in [4.78, 5) is 4.85. The highest BCUT2D eigenvalue weighted by Crippen LogP contribution is 2.26. The average molecular weight is 251 g/mol. The minimum Gasteiger partial charge on any atom is -0.377 e. The molecule has 0 saturated carbocycles. The lowest BCUT2D eigenvalue weighted by molar-refractivity contribution is -0.0258. The highest BCUT2D eigenvalue weighted by molar-refractivity contribution is 4.97. The van der Waals surface area contributed by atoms with Crippen LogP contribution < -0.4 is 0 Å². The molecule has 0 N–H and O–H groups in total. The minimum atomic E-state index is 0.185. The standard InChI is InChI=1S/C14H25N3O/c1-14(2)11-17(10-13-5-4-8-18-13)12(6-7-15)9-16(14)3/h12-13H,4-6,8-11H2,1-3H3. The Kier molecular flexibility index (Phi) is 4.26. The van der Waals surface area contributed by atoms with Gasteiger partial charge in [0, 0.05) is 37.8 Å². The van der Waals surface area contributed by atoms with E-state index in [9.17, 15) is 0 Å². The van der Waals surface area contributed by atoms with Gasteiger partial charge < -0.3 is 4.74 Å². The van der Waals surface area contributed by atoms with Crippen LogP contribution in [0.3, 0.4) is 0 Å². The smallest absolute Gasteiger partial charge is 0.0702 e. The molecule has 2 aliphatic rings. The van der Waals surface area contributed by atoms with Crippen molar-refractivity contribution in [3.63, 3.8) is 0 Å². The predicted molar refractivity (Wildman–Crippen MR) is 71.3 cm³/mol. The molecule has 0 radical (unpaired) electrons. The van der Waals surface area contributed by atoms with E-state index in [0.29, 0.717) is 18.6 Å². The molecule has 0 spiro atoms. The fourth-order valence-corrected chi connectivity index (χ4v) is 2.99. The summed E-state index contributed by atoms with van der Waals surface area (Å²) in [5.74, 6) is 0. The van der Waals surface area contributed by atoms with Crippen molar-refractivity contribution in [1.82, 2.24) is 9.80 Å². The molecule has 0 aromatic carbocycles. The summed E-state index contributed by atoms with van der Waals surface area (Å²) >= 11 is 0. The molecule has 0 bridgehead atoms. The van der Waals surface area contributed by atoms with E-state index in [4.69, 9.17) is 10.00 Å². The second-order valence-electron chi connectivity index (χ2n) is 6.27. The van der Waals surface area contributed by atoms with Gasteiger partial charge in [-0.25, -0.2) is 0 Å². The zero-order chi connectivity index (χ0) is 13.2. The van der Waals surface area contributed by atoms with E-state index in [2.05, 4.69) is 36.8 Å². The number of piperazine rings is 1. The molecule has 0 aliphatic carbocycles. The number of ether oxygens (including phenoxy) is 1. The Labute approximate surface area is 110 Å². The molecule has 2 atom stereocenters. The van der Waals surface area contributed by atoms with Crippen LogP contribution in [0, 0.1) is 11.3 Å².